The van der Waals surface area contributed by atoms with Crippen molar-refractivity contribution in [3.8, 4) is 17.2 Å². The first kappa shape index (κ1) is 20.4. The van der Waals surface area contributed by atoms with Gasteiger partial charge in [0, 0.05) is 23.1 Å². The van der Waals surface area contributed by atoms with Crippen LogP contribution in [0.4, 0.5) is 0 Å². The van der Waals surface area contributed by atoms with Crippen LogP contribution in [0, 0.1) is 0 Å². The van der Waals surface area contributed by atoms with E-state index in [0.29, 0.717) is 36.3 Å². The van der Waals surface area contributed by atoms with Crippen LogP contribution in [-0.4, -0.2) is 31.6 Å². The van der Waals surface area contributed by atoms with Gasteiger partial charge in [0.2, 0.25) is 0 Å². The summed E-state index contributed by atoms with van der Waals surface area (Å²) >= 11 is 6.36. The molecule has 2 aromatic rings. The molecule has 0 aromatic heterocycles. The fourth-order valence-electron chi connectivity index (χ4n) is 3.16. The summed E-state index contributed by atoms with van der Waals surface area (Å²) < 4.78 is 17.2. The Morgan fingerprint density at radius 2 is 2.04 bits per heavy atom. The average molecular weight is 403 g/mol. The van der Waals surface area contributed by atoms with Gasteiger partial charge in [0.05, 0.1) is 24.7 Å². The number of aliphatic carboxylic acids is 1. The Bertz CT molecular complexity index is 826. The predicted octanol–water partition coefficient (Wildman–Crippen LogP) is 4.54. The largest absolute Gasteiger partial charge is 0.494 e. The molecule has 1 N–H and O–H groups in total. The molecule has 2 aromatic carbocycles. The van der Waals surface area contributed by atoms with Gasteiger partial charge >= 0.3 is 5.97 Å². The van der Waals surface area contributed by atoms with Crippen LogP contribution in [0.25, 0.3) is 0 Å². The summed E-state index contributed by atoms with van der Waals surface area (Å²) in [7, 11) is 1.16. The van der Waals surface area contributed by atoms with Gasteiger partial charge in [-0.25, -0.2) is 0 Å². The molecule has 7 heteroatoms. The van der Waals surface area contributed by atoms with Crippen molar-refractivity contribution >= 4 is 24.8 Å². The number of ether oxygens (including phenoxy) is 3. The first-order valence-electron chi connectivity index (χ1n) is 9.59. The zero-order chi connectivity index (χ0) is 19.9. The van der Waals surface area contributed by atoms with Gasteiger partial charge in [-0.15, -0.1) is 0 Å². The monoisotopic (exact) mass is 402 g/mol. The summed E-state index contributed by atoms with van der Waals surface area (Å²) in [6.07, 6.45) is 2.25. The molecule has 0 bridgehead atoms. The summed E-state index contributed by atoms with van der Waals surface area (Å²) in [5.41, 5.74) is 1.78. The van der Waals surface area contributed by atoms with Crippen LogP contribution < -0.4 is 14.2 Å². The van der Waals surface area contributed by atoms with Crippen molar-refractivity contribution in [2.24, 2.45) is 0 Å². The molecule has 148 valence electrons. The fourth-order valence-corrected chi connectivity index (χ4v) is 3.39. The smallest absolute Gasteiger partial charge is 0.304 e. The lowest BCUT2D eigenvalue weighted by Crippen LogP contribution is -2.07. The highest BCUT2D eigenvalue weighted by Crippen LogP contribution is 2.38. The lowest BCUT2D eigenvalue weighted by Gasteiger charge is -2.11. The molecule has 1 aliphatic rings. The molecule has 1 unspecified atom stereocenters. The van der Waals surface area contributed by atoms with Crippen molar-refractivity contribution in [1.29, 1.82) is 0 Å². The van der Waals surface area contributed by atoms with Crippen LogP contribution in [0.5, 0.6) is 17.2 Å². The van der Waals surface area contributed by atoms with Crippen molar-refractivity contribution in [2.45, 2.75) is 38.5 Å². The van der Waals surface area contributed by atoms with Crippen LogP contribution in [0.2, 0.25) is 18.2 Å². The van der Waals surface area contributed by atoms with E-state index in [2.05, 4.69) is 6.82 Å². The highest BCUT2D eigenvalue weighted by Gasteiger charge is 2.26. The quantitative estimate of drug-likeness (QED) is 0.467. The molecule has 0 fully saturated rings. The zero-order valence-electron chi connectivity index (χ0n) is 15.9. The second kappa shape index (κ2) is 9.74. The number of halogens is 1. The topological polar surface area (TPSA) is 65.0 Å². The third-order valence-electron chi connectivity index (χ3n) is 4.72. The minimum Gasteiger partial charge on any atom is -0.494 e. The molecule has 0 spiro atoms. The first-order valence-corrected chi connectivity index (χ1v) is 9.97. The number of hydrogen-bond donors (Lipinski definition) is 1. The van der Waals surface area contributed by atoms with Crippen molar-refractivity contribution < 1.29 is 24.1 Å². The number of fused-ring (bicyclic) bond motifs is 1. The van der Waals surface area contributed by atoms with Gasteiger partial charge in [0.1, 0.15) is 31.1 Å². The Labute approximate surface area is 170 Å². The van der Waals surface area contributed by atoms with E-state index in [4.69, 9.17) is 30.9 Å². The summed E-state index contributed by atoms with van der Waals surface area (Å²) in [5, 5.41) is 9.58. The van der Waals surface area contributed by atoms with Crippen molar-refractivity contribution in [1.82, 2.24) is 0 Å². The van der Waals surface area contributed by atoms with E-state index in [1.54, 1.807) is 6.07 Å². The normalized spacial score (nSPS) is 14.9. The lowest BCUT2D eigenvalue weighted by atomic mass is 9.77. The van der Waals surface area contributed by atoms with Gasteiger partial charge in [-0.05, 0) is 24.6 Å². The van der Waals surface area contributed by atoms with E-state index in [1.165, 1.54) is 0 Å². The van der Waals surface area contributed by atoms with Gasteiger partial charge in [0.25, 0.3) is 0 Å². The Kier molecular flexibility index (Phi) is 7.09. The molecule has 0 radical (unpaired) electrons. The summed E-state index contributed by atoms with van der Waals surface area (Å²) in [4.78, 5) is 10.9. The van der Waals surface area contributed by atoms with E-state index in [0.717, 1.165) is 36.9 Å². The molecule has 0 saturated heterocycles. The van der Waals surface area contributed by atoms with Gasteiger partial charge in [-0.3, -0.25) is 4.79 Å². The van der Waals surface area contributed by atoms with Gasteiger partial charge in [0.15, 0.2) is 0 Å². The standard InChI is InChI=1S/C21H24BClO5/c1-22-7-2-8-26-16-4-3-14(19(23)10-16)12-27-17-5-6-18-15(9-21(24)25)13-28-20(18)11-17/h3-6,10-11,15,22H,2,7-9,12-13H2,1H3,(H,24,25). The van der Waals surface area contributed by atoms with E-state index < -0.39 is 5.97 Å². The Hall–Kier alpha value is -2.34. The first-order chi connectivity index (χ1) is 13.6. The maximum atomic E-state index is 10.9. The van der Waals surface area contributed by atoms with Gasteiger partial charge < -0.3 is 19.3 Å². The average Bonchev–Trinajstić information content (AvgIpc) is 3.06. The molecule has 5 nitrogen and oxygen atoms in total. The third kappa shape index (κ3) is 5.35. The lowest BCUT2D eigenvalue weighted by molar-refractivity contribution is -0.137. The highest BCUT2D eigenvalue weighted by atomic mass is 35.5. The predicted molar refractivity (Wildman–Crippen MR) is 111 cm³/mol. The number of carboxylic acid groups (broad SMARTS) is 1. The number of carbonyl (C=O) groups is 1. The van der Waals surface area contributed by atoms with E-state index in [-0.39, 0.29) is 12.3 Å². The van der Waals surface area contributed by atoms with Gasteiger partial charge in [-0.1, -0.05) is 36.9 Å². The number of hydrogen-bond acceptors (Lipinski definition) is 4. The number of rotatable bonds is 10. The maximum absolute atomic E-state index is 10.9. The molecule has 1 heterocycles. The molecular weight excluding hydrogens is 378 g/mol. The molecular formula is C21H24BClO5. The Morgan fingerprint density at radius 1 is 1.25 bits per heavy atom. The molecule has 0 aliphatic carbocycles. The van der Waals surface area contributed by atoms with Crippen molar-refractivity contribution in [3.63, 3.8) is 0 Å². The van der Waals surface area contributed by atoms with E-state index in [1.807, 2.05) is 30.3 Å². The molecule has 0 amide bonds. The summed E-state index contributed by atoms with van der Waals surface area (Å²) in [6.45, 7) is 3.56. The van der Waals surface area contributed by atoms with Crippen LogP contribution in [-0.2, 0) is 11.4 Å². The maximum Gasteiger partial charge on any atom is 0.304 e. The number of benzene rings is 2. The minimum atomic E-state index is -0.825. The molecule has 0 saturated carbocycles. The van der Waals surface area contributed by atoms with Crippen LogP contribution in [0.15, 0.2) is 36.4 Å². The SMILES string of the molecule is CBCCCOc1ccc(COc2ccc3c(c2)OCC3CC(=O)O)c(Cl)c1. The van der Waals surface area contributed by atoms with Gasteiger partial charge in [-0.2, -0.15) is 0 Å². The second-order valence-corrected chi connectivity index (χ2v) is 7.31. The highest BCUT2D eigenvalue weighted by molar-refractivity contribution is 6.33. The molecule has 28 heavy (non-hydrogen) atoms. The van der Waals surface area contributed by atoms with E-state index >= 15 is 0 Å². The van der Waals surface area contributed by atoms with Crippen molar-refractivity contribution in [3.05, 3.63) is 52.5 Å². The van der Waals surface area contributed by atoms with Crippen LogP contribution in [0.1, 0.15) is 29.9 Å². The summed E-state index contributed by atoms with van der Waals surface area (Å²) in [6, 6.07) is 11.1. The third-order valence-corrected chi connectivity index (χ3v) is 5.07. The molecule has 3 rings (SSSR count). The van der Waals surface area contributed by atoms with Crippen LogP contribution in [0.3, 0.4) is 0 Å². The summed E-state index contributed by atoms with van der Waals surface area (Å²) in [5.74, 6) is 1.17. The number of carboxylic acids is 1. The Balaban J connectivity index is 1.56. The Morgan fingerprint density at radius 3 is 2.79 bits per heavy atom. The zero-order valence-corrected chi connectivity index (χ0v) is 16.7. The van der Waals surface area contributed by atoms with E-state index in [9.17, 15) is 4.79 Å². The minimum absolute atomic E-state index is 0.0652. The fraction of sp³-hybridized carbons (Fsp3) is 0.381. The van der Waals surface area contributed by atoms with Crippen molar-refractivity contribution in [2.75, 3.05) is 13.2 Å². The van der Waals surface area contributed by atoms with Crippen LogP contribution >= 0.6 is 11.6 Å². The molecule has 1 aliphatic heterocycles. The molecule has 1 atom stereocenters. The second-order valence-electron chi connectivity index (χ2n) is 6.90.